The van der Waals surface area contributed by atoms with Gasteiger partial charge in [0.25, 0.3) is 0 Å². The average molecular weight is 397 g/mol. The molecule has 1 heterocycles. The van der Waals surface area contributed by atoms with E-state index in [1.807, 2.05) is 18.2 Å². The standard InChI is InChI=1S/C21H14ClFN2O3/c1-25-18-8-4-7-14(13-5-2-3-6-15(13)20(26)27)19(18)24-21(25)28-12-9-10-16(22)17(23)11-12/h2-11H,1H3,(H,26,27). The molecule has 1 N–H and O–H groups in total. The molecule has 0 saturated heterocycles. The zero-order valence-corrected chi connectivity index (χ0v) is 15.4. The van der Waals surface area contributed by atoms with E-state index in [4.69, 9.17) is 16.3 Å². The molecule has 5 nitrogen and oxygen atoms in total. The van der Waals surface area contributed by atoms with Gasteiger partial charge in [-0.15, -0.1) is 0 Å². The Kier molecular flexibility index (Phi) is 4.49. The first kappa shape index (κ1) is 18.0. The average Bonchev–Trinajstić information content (AvgIpc) is 3.00. The Morgan fingerprint density at radius 3 is 2.61 bits per heavy atom. The second-order valence-corrected chi connectivity index (χ2v) is 6.56. The fourth-order valence-corrected chi connectivity index (χ4v) is 3.17. The molecule has 0 saturated carbocycles. The number of rotatable bonds is 4. The van der Waals surface area contributed by atoms with E-state index in [-0.39, 0.29) is 22.3 Å². The highest BCUT2D eigenvalue weighted by Crippen LogP contribution is 2.34. The van der Waals surface area contributed by atoms with Crippen LogP contribution in [0.4, 0.5) is 4.39 Å². The number of carboxylic acids is 1. The maximum absolute atomic E-state index is 13.7. The first-order valence-corrected chi connectivity index (χ1v) is 8.74. The summed E-state index contributed by atoms with van der Waals surface area (Å²) in [5.74, 6) is -1.35. The maximum atomic E-state index is 13.7. The summed E-state index contributed by atoms with van der Waals surface area (Å²) in [6.07, 6.45) is 0. The Bertz CT molecular complexity index is 1220. The number of aromatic carboxylic acids is 1. The van der Waals surface area contributed by atoms with E-state index in [0.717, 1.165) is 5.52 Å². The minimum absolute atomic E-state index is 0.00455. The zero-order valence-electron chi connectivity index (χ0n) is 14.7. The molecule has 0 amide bonds. The van der Waals surface area contributed by atoms with E-state index in [9.17, 15) is 14.3 Å². The Labute approximate surface area is 164 Å². The molecular weight excluding hydrogens is 383 g/mol. The molecule has 0 radical (unpaired) electrons. The van der Waals surface area contributed by atoms with Crippen LogP contribution in [0.5, 0.6) is 11.8 Å². The summed E-state index contributed by atoms with van der Waals surface area (Å²) in [5.41, 5.74) is 2.75. The second-order valence-electron chi connectivity index (χ2n) is 6.16. The molecule has 7 heteroatoms. The highest BCUT2D eigenvalue weighted by Gasteiger charge is 2.18. The van der Waals surface area contributed by atoms with Gasteiger partial charge in [-0.25, -0.2) is 9.18 Å². The molecular formula is C21H14ClFN2O3. The summed E-state index contributed by atoms with van der Waals surface area (Å²) >= 11 is 5.71. The third-order valence-corrected chi connectivity index (χ3v) is 4.72. The fraction of sp³-hybridized carbons (Fsp3) is 0.0476. The molecule has 3 aromatic carbocycles. The lowest BCUT2D eigenvalue weighted by Crippen LogP contribution is -1.99. The zero-order chi connectivity index (χ0) is 19.8. The Hall–Kier alpha value is -3.38. The van der Waals surface area contributed by atoms with Gasteiger partial charge in [0.05, 0.1) is 16.1 Å². The van der Waals surface area contributed by atoms with E-state index in [1.165, 1.54) is 12.1 Å². The molecule has 1 aromatic heterocycles. The van der Waals surface area contributed by atoms with Gasteiger partial charge < -0.3 is 9.84 Å². The fourth-order valence-electron chi connectivity index (χ4n) is 3.05. The van der Waals surface area contributed by atoms with Gasteiger partial charge >= 0.3 is 12.0 Å². The molecule has 4 rings (SSSR count). The second kappa shape index (κ2) is 6.98. The summed E-state index contributed by atoms with van der Waals surface area (Å²) in [7, 11) is 1.77. The van der Waals surface area contributed by atoms with Gasteiger partial charge in [0.1, 0.15) is 17.1 Å². The first-order chi connectivity index (χ1) is 13.5. The van der Waals surface area contributed by atoms with E-state index in [0.29, 0.717) is 16.6 Å². The highest BCUT2D eigenvalue weighted by atomic mass is 35.5. The predicted octanol–water partition coefficient (Wildman–Crippen LogP) is 5.52. The van der Waals surface area contributed by atoms with E-state index in [2.05, 4.69) is 4.98 Å². The smallest absolute Gasteiger partial charge is 0.336 e. The summed E-state index contributed by atoms with van der Waals surface area (Å²) < 4.78 is 21.2. The van der Waals surface area contributed by atoms with Crippen LogP contribution in [0.25, 0.3) is 22.2 Å². The molecule has 0 spiro atoms. The van der Waals surface area contributed by atoms with Crippen molar-refractivity contribution in [3.63, 3.8) is 0 Å². The molecule has 0 aliphatic heterocycles. The molecule has 0 atom stereocenters. The third kappa shape index (κ3) is 3.08. The summed E-state index contributed by atoms with van der Waals surface area (Å²) in [6.45, 7) is 0. The Balaban J connectivity index is 1.85. The number of nitrogens with zero attached hydrogens (tertiary/aromatic N) is 2. The summed E-state index contributed by atoms with van der Waals surface area (Å²) in [6, 6.07) is 16.6. The minimum Gasteiger partial charge on any atom is -0.478 e. The van der Waals surface area contributed by atoms with Crippen LogP contribution in [-0.2, 0) is 7.05 Å². The molecule has 140 valence electrons. The maximum Gasteiger partial charge on any atom is 0.336 e. The van der Waals surface area contributed by atoms with Crippen LogP contribution >= 0.6 is 11.6 Å². The van der Waals surface area contributed by atoms with Crippen LogP contribution in [0.15, 0.2) is 60.7 Å². The van der Waals surface area contributed by atoms with Crippen molar-refractivity contribution in [2.75, 3.05) is 0 Å². The van der Waals surface area contributed by atoms with Crippen molar-refractivity contribution in [3.8, 4) is 22.9 Å². The Morgan fingerprint density at radius 2 is 1.86 bits per heavy atom. The number of hydrogen-bond acceptors (Lipinski definition) is 3. The van der Waals surface area contributed by atoms with Crippen molar-refractivity contribution in [1.82, 2.24) is 9.55 Å². The number of fused-ring (bicyclic) bond motifs is 1. The molecule has 0 bridgehead atoms. The van der Waals surface area contributed by atoms with Gasteiger partial charge in [0.15, 0.2) is 0 Å². The number of para-hydroxylation sites is 1. The van der Waals surface area contributed by atoms with E-state index < -0.39 is 11.8 Å². The van der Waals surface area contributed by atoms with E-state index in [1.54, 1.807) is 41.9 Å². The number of hydrogen-bond donors (Lipinski definition) is 1. The van der Waals surface area contributed by atoms with Crippen LogP contribution in [0.2, 0.25) is 5.02 Å². The van der Waals surface area contributed by atoms with Gasteiger partial charge in [-0.3, -0.25) is 4.57 Å². The largest absolute Gasteiger partial charge is 0.478 e. The van der Waals surface area contributed by atoms with Gasteiger partial charge in [-0.2, -0.15) is 4.98 Å². The lowest BCUT2D eigenvalue weighted by molar-refractivity contribution is 0.0697. The quantitative estimate of drug-likeness (QED) is 0.493. The molecule has 0 aliphatic rings. The van der Waals surface area contributed by atoms with Crippen molar-refractivity contribution < 1.29 is 19.0 Å². The van der Waals surface area contributed by atoms with Crippen LogP contribution in [0, 0.1) is 5.82 Å². The number of benzene rings is 3. The predicted molar refractivity (Wildman–Crippen MR) is 105 cm³/mol. The van der Waals surface area contributed by atoms with Crippen molar-refractivity contribution in [2.24, 2.45) is 7.05 Å². The van der Waals surface area contributed by atoms with Gasteiger partial charge in [-0.1, -0.05) is 41.9 Å². The number of halogens is 2. The number of imidazole rings is 1. The molecule has 0 fully saturated rings. The molecule has 0 unspecified atom stereocenters. The van der Waals surface area contributed by atoms with Crippen molar-refractivity contribution in [2.45, 2.75) is 0 Å². The van der Waals surface area contributed by atoms with Crippen molar-refractivity contribution in [3.05, 3.63) is 77.1 Å². The van der Waals surface area contributed by atoms with Crippen LogP contribution < -0.4 is 4.74 Å². The van der Waals surface area contributed by atoms with E-state index >= 15 is 0 Å². The van der Waals surface area contributed by atoms with Crippen LogP contribution in [-0.4, -0.2) is 20.6 Å². The van der Waals surface area contributed by atoms with Crippen molar-refractivity contribution >= 4 is 28.6 Å². The van der Waals surface area contributed by atoms with Gasteiger partial charge in [0, 0.05) is 18.7 Å². The normalized spacial score (nSPS) is 11.0. The lowest BCUT2D eigenvalue weighted by Gasteiger charge is -2.07. The molecule has 28 heavy (non-hydrogen) atoms. The van der Waals surface area contributed by atoms with Gasteiger partial charge in [0.2, 0.25) is 0 Å². The summed E-state index contributed by atoms with van der Waals surface area (Å²) in [4.78, 5) is 16.1. The monoisotopic (exact) mass is 396 g/mol. The Morgan fingerprint density at radius 1 is 1.11 bits per heavy atom. The molecule has 0 aliphatic carbocycles. The van der Waals surface area contributed by atoms with Crippen LogP contribution in [0.1, 0.15) is 10.4 Å². The minimum atomic E-state index is -1.02. The first-order valence-electron chi connectivity index (χ1n) is 8.36. The SMILES string of the molecule is Cn1c(Oc2ccc(Cl)c(F)c2)nc2c(-c3ccccc3C(=O)O)cccc21. The third-order valence-electron chi connectivity index (χ3n) is 4.42. The number of aromatic nitrogens is 2. The highest BCUT2D eigenvalue weighted by molar-refractivity contribution is 6.30. The number of carbonyl (C=O) groups is 1. The summed E-state index contributed by atoms with van der Waals surface area (Å²) in [5, 5.41) is 9.51. The number of aryl methyl sites for hydroxylation is 1. The topological polar surface area (TPSA) is 64.4 Å². The number of carboxylic acid groups (broad SMARTS) is 1. The molecule has 4 aromatic rings. The van der Waals surface area contributed by atoms with Crippen molar-refractivity contribution in [1.29, 1.82) is 0 Å². The lowest BCUT2D eigenvalue weighted by atomic mass is 9.98. The van der Waals surface area contributed by atoms with Gasteiger partial charge in [-0.05, 0) is 29.8 Å². The van der Waals surface area contributed by atoms with Crippen LogP contribution in [0.3, 0.4) is 0 Å². The number of ether oxygens (including phenoxy) is 1.